The SMILES string of the molecule is CCc1[nH]nc(N)c1-c1cc(F)ccc1OC. The van der Waals surface area contributed by atoms with Gasteiger partial charge in [0.05, 0.1) is 12.7 Å². The van der Waals surface area contributed by atoms with E-state index in [4.69, 9.17) is 10.5 Å². The highest BCUT2D eigenvalue weighted by atomic mass is 19.1. The average Bonchev–Trinajstić information content (AvgIpc) is 2.70. The summed E-state index contributed by atoms with van der Waals surface area (Å²) in [5.74, 6) is 0.600. The molecule has 0 spiro atoms. The molecule has 5 heteroatoms. The maximum atomic E-state index is 13.3. The van der Waals surface area contributed by atoms with Crippen LogP contribution in [0.1, 0.15) is 12.6 Å². The molecule has 0 bridgehead atoms. The first-order valence-electron chi connectivity index (χ1n) is 5.34. The van der Waals surface area contributed by atoms with Gasteiger partial charge in [0.15, 0.2) is 5.82 Å². The van der Waals surface area contributed by atoms with Gasteiger partial charge in [-0.3, -0.25) is 5.10 Å². The Hall–Kier alpha value is -2.04. The highest BCUT2D eigenvalue weighted by Crippen LogP contribution is 2.35. The lowest BCUT2D eigenvalue weighted by molar-refractivity contribution is 0.415. The number of benzene rings is 1. The summed E-state index contributed by atoms with van der Waals surface area (Å²) in [5, 5.41) is 6.78. The molecule has 1 aromatic heterocycles. The number of rotatable bonds is 3. The number of aromatic nitrogens is 2. The fraction of sp³-hybridized carbons (Fsp3) is 0.250. The van der Waals surface area contributed by atoms with Crippen molar-refractivity contribution in [3.63, 3.8) is 0 Å². The van der Waals surface area contributed by atoms with Crippen LogP contribution in [0.25, 0.3) is 11.1 Å². The minimum Gasteiger partial charge on any atom is -0.496 e. The Bertz CT molecular complexity index is 537. The van der Waals surface area contributed by atoms with Gasteiger partial charge in [-0.05, 0) is 24.6 Å². The van der Waals surface area contributed by atoms with E-state index in [-0.39, 0.29) is 5.82 Å². The zero-order chi connectivity index (χ0) is 12.4. The van der Waals surface area contributed by atoms with E-state index < -0.39 is 0 Å². The summed E-state index contributed by atoms with van der Waals surface area (Å²) >= 11 is 0. The first kappa shape index (κ1) is 11.4. The number of nitrogen functional groups attached to an aromatic ring is 1. The fourth-order valence-electron chi connectivity index (χ4n) is 1.83. The molecule has 0 amide bonds. The van der Waals surface area contributed by atoms with Gasteiger partial charge in [0.1, 0.15) is 11.6 Å². The third kappa shape index (κ3) is 1.95. The van der Waals surface area contributed by atoms with Crippen molar-refractivity contribution in [1.29, 1.82) is 0 Å². The molecule has 17 heavy (non-hydrogen) atoms. The number of aromatic amines is 1. The number of H-pyrrole nitrogens is 1. The van der Waals surface area contributed by atoms with E-state index >= 15 is 0 Å². The number of hydrogen-bond donors (Lipinski definition) is 2. The first-order valence-corrected chi connectivity index (χ1v) is 5.34. The molecule has 0 saturated carbocycles. The first-order chi connectivity index (χ1) is 8.17. The molecule has 0 aliphatic heterocycles. The van der Waals surface area contributed by atoms with Crippen LogP contribution in [0.15, 0.2) is 18.2 Å². The van der Waals surface area contributed by atoms with Gasteiger partial charge >= 0.3 is 0 Å². The zero-order valence-electron chi connectivity index (χ0n) is 9.75. The van der Waals surface area contributed by atoms with E-state index in [1.54, 1.807) is 13.2 Å². The second-order valence-electron chi connectivity index (χ2n) is 3.66. The molecule has 1 aromatic carbocycles. The Kier molecular flexibility index (Phi) is 2.99. The van der Waals surface area contributed by atoms with Crippen LogP contribution in [0, 0.1) is 5.82 Å². The molecule has 2 rings (SSSR count). The molecule has 4 nitrogen and oxygen atoms in total. The molecule has 0 atom stereocenters. The van der Waals surface area contributed by atoms with Crippen molar-refractivity contribution < 1.29 is 9.13 Å². The molecular formula is C12H14FN3O. The lowest BCUT2D eigenvalue weighted by Gasteiger charge is -2.09. The number of anilines is 1. The standard InChI is InChI=1S/C12H14FN3O/c1-3-9-11(12(14)16-15-9)8-6-7(13)4-5-10(8)17-2/h4-6H,3H2,1-2H3,(H3,14,15,16). The van der Waals surface area contributed by atoms with Crippen LogP contribution in [0.2, 0.25) is 0 Å². The molecule has 2 aromatic rings. The molecule has 3 N–H and O–H groups in total. The molecular weight excluding hydrogens is 221 g/mol. The van der Waals surface area contributed by atoms with Crippen molar-refractivity contribution in [3.8, 4) is 16.9 Å². The number of ether oxygens (including phenoxy) is 1. The van der Waals surface area contributed by atoms with Gasteiger partial charge in [-0.2, -0.15) is 5.10 Å². The average molecular weight is 235 g/mol. The number of hydrogen-bond acceptors (Lipinski definition) is 3. The number of aryl methyl sites for hydroxylation is 1. The molecule has 0 radical (unpaired) electrons. The third-order valence-electron chi connectivity index (χ3n) is 2.65. The van der Waals surface area contributed by atoms with Crippen molar-refractivity contribution in [1.82, 2.24) is 10.2 Å². The molecule has 0 saturated heterocycles. The van der Waals surface area contributed by atoms with Gasteiger partial charge < -0.3 is 10.5 Å². The summed E-state index contributed by atoms with van der Waals surface area (Å²) in [5.41, 5.74) is 8.00. The van der Waals surface area contributed by atoms with E-state index in [2.05, 4.69) is 10.2 Å². The van der Waals surface area contributed by atoms with E-state index in [9.17, 15) is 4.39 Å². The number of halogens is 1. The van der Waals surface area contributed by atoms with Gasteiger partial charge in [0.2, 0.25) is 0 Å². The van der Waals surface area contributed by atoms with Crippen molar-refractivity contribution in [2.75, 3.05) is 12.8 Å². The van der Waals surface area contributed by atoms with E-state index in [1.165, 1.54) is 12.1 Å². The fourth-order valence-corrected chi connectivity index (χ4v) is 1.83. The van der Waals surface area contributed by atoms with E-state index in [0.717, 1.165) is 12.1 Å². The summed E-state index contributed by atoms with van der Waals surface area (Å²) < 4.78 is 18.5. The van der Waals surface area contributed by atoms with E-state index in [0.29, 0.717) is 22.7 Å². The van der Waals surface area contributed by atoms with Gasteiger partial charge in [-0.25, -0.2) is 4.39 Å². The highest BCUT2D eigenvalue weighted by molar-refractivity contribution is 5.80. The Labute approximate surface area is 98.6 Å². The largest absolute Gasteiger partial charge is 0.496 e. The molecule has 1 heterocycles. The van der Waals surface area contributed by atoms with E-state index in [1.807, 2.05) is 6.92 Å². The Balaban J connectivity index is 2.66. The smallest absolute Gasteiger partial charge is 0.153 e. The normalized spacial score (nSPS) is 10.5. The predicted molar refractivity (Wildman–Crippen MR) is 64.3 cm³/mol. The van der Waals surface area contributed by atoms with Gasteiger partial charge in [-0.15, -0.1) is 0 Å². The van der Waals surface area contributed by atoms with Crippen LogP contribution in [0.5, 0.6) is 5.75 Å². The topological polar surface area (TPSA) is 63.9 Å². The summed E-state index contributed by atoms with van der Waals surface area (Å²) in [6, 6.07) is 4.33. The Morgan fingerprint density at radius 1 is 1.47 bits per heavy atom. The maximum Gasteiger partial charge on any atom is 0.153 e. The summed E-state index contributed by atoms with van der Waals surface area (Å²) in [6.45, 7) is 1.97. The number of nitrogens with zero attached hydrogens (tertiary/aromatic N) is 1. The van der Waals surface area contributed by atoms with Crippen LogP contribution in [-0.4, -0.2) is 17.3 Å². The number of nitrogens with two attached hydrogens (primary N) is 1. The monoisotopic (exact) mass is 235 g/mol. The van der Waals surface area contributed by atoms with Crippen molar-refractivity contribution in [3.05, 3.63) is 29.7 Å². The molecule has 0 aliphatic rings. The van der Waals surface area contributed by atoms with Crippen LogP contribution >= 0.6 is 0 Å². The van der Waals surface area contributed by atoms with Gasteiger partial charge in [0, 0.05) is 11.3 Å². The summed E-state index contributed by atoms with van der Waals surface area (Å²) in [6.07, 6.45) is 0.735. The summed E-state index contributed by atoms with van der Waals surface area (Å²) in [4.78, 5) is 0. The van der Waals surface area contributed by atoms with Crippen LogP contribution in [0.3, 0.4) is 0 Å². The Morgan fingerprint density at radius 2 is 2.24 bits per heavy atom. The molecule has 90 valence electrons. The molecule has 0 unspecified atom stereocenters. The van der Waals surface area contributed by atoms with Crippen molar-refractivity contribution in [2.45, 2.75) is 13.3 Å². The second kappa shape index (κ2) is 4.45. The quantitative estimate of drug-likeness (QED) is 0.858. The van der Waals surface area contributed by atoms with Crippen molar-refractivity contribution in [2.24, 2.45) is 0 Å². The van der Waals surface area contributed by atoms with Crippen molar-refractivity contribution >= 4 is 5.82 Å². The van der Waals surface area contributed by atoms with Crippen LogP contribution < -0.4 is 10.5 Å². The minimum atomic E-state index is -0.330. The van der Waals surface area contributed by atoms with Gasteiger partial charge in [-0.1, -0.05) is 6.92 Å². The number of methoxy groups -OCH3 is 1. The maximum absolute atomic E-state index is 13.3. The lowest BCUT2D eigenvalue weighted by atomic mass is 10.0. The zero-order valence-corrected chi connectivity index (χ0v) is 9.75. The number of nitrogens with one attached hydrogen (secondary N) is 1. The summed E-state index contributed by atoms with van der Waals surface area (Å²) in [7, 11) is 1.54. The van der Waals surface area contributed by atoms with Gasteiger partial charge in [0.25, 0.3) is 0 Å². The molecule has 0 fully saturated rings. The second-order valence-corrected chi connectivity index (χ2v) is 3.66. The van der Waals surface area contributed by atoms with Crippen LogP contribution in [0.4, 0.5) is 10.2 Å². The third-order valence-corrected chi connectivity index (χ3v) is 2.65. The lowest BCUT2D eigenvalue weighted by Crippen LogP contribution is -1.94. The van der Waals surface area contributed by atoms with Crippen LogP contribution in [-0.2, 0) is 6.42 Å². The predicted octanol–water partition coefficient (Wildman–Crippen LogP) is 2.37. The minimum absolute atomic E-state index is 0.330. The molecule has 0 aliphatic carbocycles. The Morgan fingerprint density at radius 3 is 2.88 bits per heavy atom. The highest BCUT2D eigenvalue weighted by Gasteiger charge is 2.16.